The first kappa shape index (κ1) is 16.9. The number of esters is 1. The molecule has 1 aromatic rings. The van der Waals surface area contributed by atoms with Gasteiger partial charge in [-0.25, -0.2) is 4.79 Å². The molecule has 0 N–H and O–H groups in total. The molecule has 5 heteroatoms. The number of ketones is 1. The maximum atomic E-state index is 11.8. The Bertz CT molecular complexity index is 506. The molecule has 0 aliphatic rings. The van der Waals surface area contributed by atoms with Crippen molar-refractivity contribution < 1.29 is 19.1 Å². The molecule has 0 unspecified atom stereocenters. The number of carbonyl (C=O) groups excluding carboxylic acids is 2. The molecule has 0 aromatic heterocycles. The van der Waals surface area contributed by atoms with Crippen molar-refractivity contribution in [2.24, 2.45) is 0 Å². The number of rotatable bonds is 8. The molecule has 0 aliphatic heterocycles. The van der Waals surface area contributed by atoms with E-state index in [1.165, 1.54) is 6.92 Å². The van der Waals surface area contributed by atoms with Crippen LogP contribution >= 0.6 is 0 Å². The zero-order valence-corrected chi connectivity index (χ0v) is 12.7. The zero-order valence-electron chi connectivity index (χ0n) is 12.7. The highest BCUT2D eigenvalue weighted by atomic mass is 16.6. The minimum Gasteiger partial charge on any atom is -0.460 e. The Morgan fingerprint density at radius 3 is 2.29 bits per heavy atom. The molecule has 0 bridgehead atoms. The maximum Gasteiger partial charge on any atom is 0.338 e. The van der Waals surface area contributed by atoms with Crippen molar-refractivity contribution >= 4 is 17.4 Å². The molecule has 0 heterocycles. The minimum atomic E-state index is -0.394. The monoisotopic (exact) mass is 291 g/mol. The fourth-order valence-corrected chi connectivity index (χ4v) is 1.47. The summed E-state index contributed by atoms with van der Waals surface area (Å²) in [6, 6.07) is 7.14. The van der Waals surface area contributed by atoms with E-state index < -0.39 is 5.97 Å². The van der Waals surface area contributed by atoms with Gasteiger partial charge in [0.1, 0.15) is 6.61 Å². The summed E-state index contributed by atoms with van der Waals surface area (Å²) in [5.41, 5.74) is 1.91. The lowest BCUT2D eigenvalue weighted by Crippen LogP contribution is -2.13. The molecule has 0 saturated carbocycles. The summed E-state index contributed by atoms with van der Waals surface area (Å²) in [6.45, 7) is 5.53. The number of Topliss-reactive ketones (excluding diaryl/α,β-unsaturated/α-hetero) is 1. The van der Waals surface area contributed by atoms with Crippen LogP contribution in [0.25, 0.3) is 0 Å². The second-order valence-electron chi connectivity index (χ2n) is 4.79. The van der Waals surface area contributed by atoms with Crippen LogP contribution in [0.15, 0.2) is 36.4 Å². The number of anilines is 1. The first-order chi connectivity index (χ1) is 9.91. The Balaban J connectivity index is 2.31. The quantitative estimate of drug-likeness (QED) is 0.417. The SMILES string of the molecule is C=C(COCCOC(=O)c1ccc(N(C)C)cc1)C(C)=O. The van der Waals surface area contributed by atoms with Crippen molar-refractivity contribution in [2.45, 2.75) is 6.92 Å². The molecule has 0 saturated heterocycles. The topological polar surface area (TPSA) is 55.8 Å². The summed E-state index contributed by atoms with van der Waals surface area (Å²) in [5, 5.41) is 0. The van der Waals surface area contributed by atoms with Gasteiger partial charge in [0, 0.05) is 25.4 Å². The van der Waals surface area contributed by atoms with Gasteiger partial charge in [-0.1, -0.05) is 6.58 Å². The Labute approximate surface area is 125 Å². The van der Waals surface area contributed by atoms with E-state index in [2.05, 4.69) is 6.58 Å². The van der Waals surface area contributed by atoms with Crippen molar-refractivity contribution in [1.29, 1.82) is 0 Å². The molecule has 0 aliphatic carbocycles. The molecular weight excluding hydrogens is 270 g/mol. The van der Waals surface area contributed by atoms with E-state index in [0.29, 0.717) is 11.1 Å². The predicted molar refractivity (Wildman–Crippen MR) is 81.7 cm³/mol. The fourth-order valence-electron chi connectivity index (χ4n) is 1.47. The van der Waals surface area contributed by atoms with Crippen LogP contribution < -0.4 is 4.90 Å². The van der Waals surface area contributed by atoms with Crippen LogP contribution in [0.3, 0.4) is 0 Å². The van der Waals surface area contributed by atoms with Gasteiger partial charge in [-0.2, -0.15) is 0 Å². The van der Waals surface area contributed by atoms with E-state index in [9.17, 15) is 9.59 Å². The molecule has 0 fully saturated rings. The number of benzene rings is 1. The second-order valence-corrected chi connectivity index (χ2v) is 4.79. The van der Waals surface area contributed by atoms with Crippen LogP contribution in [0.5, 0.6) is 0 Å². The Morgan fingerprint density at radius 1 is 1.14 bits per heavy atom. The van der Waals surface area contributed by atoms with Gasteiger partial charge in [0.25, 0.3) is 0 Å². The smallest absolute Gasteiger partial charge is 0.338 e. The van der Waals surface area contributed by atoms with Gasteiger partial charge in [-0.3, -0.25) is 4.79 Å². The van der Waals surface area contributed by atoms with Gasteiger partial charge in [-0.05, 0) is 31.2 Å². The van der Waals surface area contributed by atoms with Crippen LogP contribution in [0.1, 0.15) is 17.3 Å². The molecule has 5 nitrogen and oxygen atoms in total. The first-order valence-corrected chi connectivity index (χ1v) is 6.62. The molecule has 1 rings (SSSR count). The maximum absolute atomic E-state index is 11.8. The lowest BCUT2D eigenvalue weighted by atomic mass is 10.2. The lowest BCUT2D eigenvalue weighted by molar-refractivity contribution is -0.114. The van der Waals surface area contributed by atoms with Crippen molar-refractivity contribution in [3.63, 3.8) is 0 Å². The summed E-state index contributed by atoms with van der Waals surface area (Å²) in [6.07, 6.45) is 0. The van der Waals surface area contributed by atoms with Gasteiger partial charge in [0.2, 0.25) is 0 Å². The molecule has 21 heavy (non-hydrogen) atoms. The van der Waals surface area contributed by atoms with Gasteiger partial charge < -0.3 is 14.4 Å². The van der Waals surface area contributed by atoms with Crippen molar-refractivity contribution in [2.75, 3.05) is 38.8 Å². The Hall–Kier alpha value is -2.14. The number of hydrogen-bond donors (Lipinski definition) is 0. The van der Waals surface area contributed by atoms with Gasteiger partial charge >= 0.3 is 5.97 Å². The van der Waals surface area contributed by atoms with Gasteiger partial charge in [0.05, 0.1) is 18.8 Å². The van der Waals surface area contributed by atoms with Crippen molar-refractivity contribution in [3.8, 4) is 0 Å². The third-order valence-electron chi connectivity index (χ3n) is 2.85. The zero-order chi connectivity index (χ0) is 15.8. The van der Waals surface area contributed by atoms with Gasteiger partial charge in [-0.15, -0.1) is 0 Å². The molecule has 114 valence electrons. The Kier molecular flexibility index (Phi) is 6.62. The van der Waals surface area contributed by atoms with E-state index in [-0.39, 0.29) is 25.6 Å². The highest BCUT2D eigenvalue weighted by Gasteiger charge is 2.07. The molecule has 0 radical (unpaired) electrons. The summed E-state index contributed by atoms with van der Waals surface area (Å²) < 4.78 is 10.3. The molecular formula is C16H21NO4. The van der Waals surface area contributed by atoms with E-state index >= 15 is 0 Å². The molecule has 0 atom stereocenters. The normalized spacial score (nSPS) is 10.0. The van der Waals surface area contributed by atoms with Crippen molar-refractivity contribution in [1.82, 2.24) is 0 Å². The number of carbonyl (C=O) groups is 2. The average Bonchev–Trinajstić information content (AvgIpc) is 2.46. The third kappa shape index (κ3) is 5.79. The van der Waals surface area contributed by atoms with Crippen LogP contribution in [0, 0.1) is 0 Å². The highest BCUT2D eigenvalue weighted by Crippen LogP contribution is 2.12. The van der Waals surface area contributed by atoms with Gasteiger partial charge in [0.15, 0.2) is 5.78 Å². The van der Waals surface area contributed by atoms with E-state index in [1.54, 1.807) is 12.1 Å². The van der Waals surface area contributed by atoms with Crippen LogP contribution in [0.4, 0.5) is 5.69 Å². The van der Waals surface area contributed by atoms with Crippen molar-refractivity contribution in [3.05, 3.63) is 42.0 Å². The number of hydrogen-bond acceptors (Lipinski definition) is 5. The molecule has 1 aromatic carbocycles. The summed E-state index contributed by atoms with van der Waals surface area (Å²) >= 11 is 0. The second kappa shape index (κ2) is 8.21. The van der Waals surface area contributed by atoms with E-state index in [1.807, 2.05) is 31.1 Å². The third-order valence-corrected chi connectivity index (χ3v) is 2.85. The summed E-state index contributed by atoms with van der Waals surface area (Å²) in [4.78, 5) is 24.6. The summed E-state index contributed by atoms with van der Waals surface area (Å²) in [5.74, 6) is -0.498. The van der Waals surface area contributed by atoms with E-state index in [4.69, 9.17) is 9.47 Å². The molecule has 0 amide bonds. The van der Waals surface area contributed by atoms with Crippen LogP contribution in [-0.4, -0.2) is 45.7 Å². The lowest BCUT2D eigenvalue weighted by Gasteiger charge is -2.12. The Morgan fingerprint density at radius 2 is 1.76 bits per heavy atom. The largest absolute Gasteiger partial charge is 0.460 e. The fraction of sp³-hybridized carbons (Fsp3) is 0.375. The minimum absolute atomic E-state index is 0.104. The van der Waals surface area contributed by atoms with E-state index in [0.717, 1.165) is 5.69 Å². The predicted octanol–water partition coefficient (Wildman–Crippen LogP) is 2.07. The first-order valence-electron chi connectivity index (χ1n) is 6.62. The number of ether oxygens (including phenoxy) is 2. The highest BCUT2D eigenvalue weighted by molar-refractivity contribution is 5.92. The standard InChI is InChI=1S/C16H21NO4/c1-12(13(2)18)11-20-9-10-21-16(19)14-5-7-15(8-6-14)17(3)4/h5-8H,1,9-11H2,2-4H3. The number of nitrogens with zero attached hydrogens (tertiary/aromatic N) is 1. The molecule has 0 spiro atoms. The van der Waals surface area contributed by atoms with Crippen LogP contribution in [0.2, 0.25) is 0 Å². The average molecular weight is 291 g/mol. The summed E-state index contributed by atoms with van der Waals surface area (Å²) in [7, 11) is 3.86. The van der Waals surface area contributed by atoms with Crippen LogP contribution in [-0.2, 0) is 14.3 Å².